The predicted molar refractivity (Wildman–Crippen MR) is 100 cm³/mol. The molecule has 0 unspecified atom stereocenters. The Labute approximate surface area is 152 Å². The summed E-state index contributed by atoms with van der Waals surface area (Å²) in [6, 6.07) is 8.00. The second kappa shape index (κ2) is 6.74. The molecule has 1 N–H and O–H groups in total. The maximum absolute atomic E-state index is 12.7. The van der Waals surface area contributed by atoms with Crippen LogP contribution in [0.25, 0.3) is 11.0 Å². The molecule has 134 valence electrons. The highest BCUT2D eigenvalue weighted by atomic mass is 16.2. The number of nitrogens with one attached hydrogen (secondary N) is 1. The van der Waals surface area contributed by atoms with E-state index >= 15 is 0 Å². The minimum absolute atomic E-state index is 0.173. The first-order chi connectivity index (χ1) is 12.6. The standard InChI is InChI=1S/C19H22N6O/c1-13-7-3-4-8-14(13)11-20-19(26)17-21-16-15(12-24(2)23-16)18(22-17)25-9-5-6-10-25/h3-4,7-8,12H,5-6,9-11H2,1-2H3,(H,20,26). The van der Waals surface area contributed by atoms with Gasteiger partial charge in [-0.2, -0.15) is 5.10 Å². The molecule has 7 heteroatoms. The van der Waals surface area contributed by atoms with Gasteiger partial charge in [-0.1, -0.05) is 24.3 Å². The van der Waals surface area contributed by atoms with E-state index in [-0.39, 0.29) is 11.7 Å². The largest absolute Gasteiger partial charge is 0.356 e. The molecule has 0 saturated carbocycles. The molecule has 7 nitrogen and oxygen atoms in total. The molecule has 3 aromatic rings. The van der Waals surface area contributed by atoms with Crippen LogP contribution >= 0.6 is 0 Å². The average Bonchev–Trinajstić information content (AvgIpc) is 3.28. The van der Waals surface area contributed by atoms with E-state index < -0.39 is 0 Å². The van der Waals surface area contributed by atoms with Crippen molar-refractivity contribution in [2.24, 2.45) is 7.05 Å². The Balaban J connectivity index is 1.63. The summed E-state index contributed by atoms with van der Waals surface area (Å²) in [5, 5.41) is 8.20. The van der Waals surface area contributed by atoms with E-state index in [0.29, 0.717) is 12.2 Å². The van der Waals surface area contributed by atoms with Crippen molar-refractivity contribution in [3.8, 4) is 0 Å². The summed E-state index contributed by atoms with van der Waals surface area (Å²) in [5.74, 6) is 0.703. The number of hydrogen-bond donors (Lipinski definition) is 1. The van der Waals surface area contributed by atoms with Crippen molar-refractivity contribution in [2.75, 3.05) is 18.0 Å². The van der Waals surface area contributed by atoms with Crippen molar-refractivity contribution in [3.05, 3.63) is 47.4 Å². The van der Waals surface area contributed by atoms with Crippen molar-refractivity contribution < 1.29 is 4.79 Å². The van der Waals surface area contributed by atoms with Crippen molar-refractivity contribution in [1.29, 1.82) is 0 Å². The number of benzene rings is 1. The van der Waals surface area contributed by atoms with Crippen molar-refractivity contribution in [1.82, 2.24) is 25.1 Å². The fourth-order valence-electron chi connectivity index (χ4n) is 3.34. The topological polar surface area (TPSA) is 75.9 Å². The molecular formula is C19H22N6O. The Hall–Kier alpha value is -2.96. The minimum Gasteiger partial charge on any atom is -0.356 e. The van der Waals surface area contributed by atoms with Crippen LogP contribution in [0.5, 0.6) is 0 Å². The molecule has 2 aromatic heterocycles. The first kappa shape index (κ1) is 16.5. The van der Waals surface area contributed by atoms with Gasteiger partial charge in [0.05, 0.1) is 5.39 Å². The summed E-state index contributed by atoms with van der Waals surface area (Å²) >= 11 is 0. The molecular weight excluding hydrogens is 328 g/mol. The number of nitrogens with zero attached hydrogens (tertiary/aromatic N) is 5. The van der Waals surface area contributed by atoms with Crippen molar-refractivity contribution >= 4 is 22.8 Å². The molecule has 4 rings (SSSR count). The van der Waals surface area contributed by atoms with E-state index in [0.717, 1.165) is 48.3 Å². The lowest BCUT2D eigenvalue weighted by atomic mass is 10.1. The Morgan fingerprint density at radius 3 is 2.73 bits per heavy atom. The van der Waals surface area contributed by atoms with Gasteiger partial charge in [-0.3, -0.25) is 9.48 Å². The third kappa shape index (κ3) is 3.12. The molecule has 0 atom stereocenters. The van der Waals surface area contributed by atoms with Gasteiger partial charge in [-0.05, 0) is 30.9 Å². The smallest absolute Gasteiger partial charge is 0.289 e. The third-order valence-corrected chi connectivity index (χ3v) is 4.78. The Morgan fingerprint density at radius 1 is 1.19 bits per heavy atom. The zero-order chi connectivity index (χ0) is 18.1. The average molecular weight is 350 g/mol. The minimum atomic E-state index is -0.277. The van der Waals surface area contributed by atoms with Crippen LogP contribution in [0.1, 0.15) is 34.6 Å². The molecule has 3 heterocycles. The van der Waals surface area contributed by atoms with Gasteiger partial charge in [0.2, 0.25) is 5.82 Å². The van der Waals surface area contributed by atoms with Gasteiger partial charge < -0.3 is 10.2 Å². The van der Waals surface area contributed by atoms with E-state index in [2.05, 4.69) is 25.3 Å². The number of amides is 1. The summed E-state index contributed by atoms with van der Waals surface area (Å²) in [5.41, 5.74) is 2.79. The molecule has 0 radical (unpaired) electrons. The van der Waals surface area contributed by atoms with Crippen LogP contribution in [0.15, 0.2) is 30.5 Å². The SMILES string of the molecule is Cc1ccccc1CNC(=O)c1nc(N2CCCC2)c2cn(C)nc2n1. The van der Waals surface area contributed by atoms with Gasteiger partial charge >= 0.3 is 0 Å². The maximum atomic E-state index is 12.7. The van der Waals surface area contributed by atoms with Crippen LogP contribution in [-0.4, -0.2) is 38.7 Å². The predicted octanol–water partition coefficient (Wildman–Crippen LogP) is 2.20. The molecule has 1 amide bonds. The molecule has 0 bridgehead atoms. The Kier molecular flexibility index (Phi) is 4.28. The molecule has 0 aliphatic carbocycles. The molecule has 1 fully saturated rings. The number of carbonyl (C=O) groups excluding carboxylic acids is 1. The molecule has 1 aliphatic heterocycles. The number of aryl methyl sites for hydroxylation is 2. The van der Waals surface area contributed by atoms with E-state index in [4.69, 9.17) is 0 Å². The second-order valence-electron chi connectivity index (χ2n) is 6.71. The number of carbonyl (C=O) groups is 1. The number of aromatic nitrogens is 4. The van der Waals surface area contributed by atoms with Crippen LogP contribution in [-0.2, 0) is 13.6 Å². The van der Waals surface area contributed by atoms with Crippen LogP contribution in [0, 0.1) is 6.92 Å². The Morgan fingerprint density at radius 2 is 1.96 bits per heavy atom. The van der Waals surface area contributed by atoms with Crippen molar-refractivity contribution in [3.63, 3.8) is 0 Å². The van der Waals surface area contributed by atoms with Gasteiger partial charge in [0, 0.05) is 32.9 Å². The summed E-state index contributed by atoms with van der Waals surface area (Å²) in [6.07, 6.45) is 4.19. The normalized spacial score (nSPS) is 14.2. The third-order valence-electron chi connectivity index (χ3n) is 4.78. The first-order valence-electron chi connectivity index (χ1n) is 8.91. The molecule has 1 aliphatic rings. The molecule has 1 saturated heterocycles. The van der Waals surface area contributed by atoms with Crippen LogP contribution in [0.4, 0.5) is 5.82 Å². The summed E-state index contributed by atoms with van der Waals surface area (Å²) in [7, 11) is 1.85. The van der Waals surface area contributed by atoms with Gasteiger partial charge in [-0.15, -0.1) is 0 Å². The summed E-state index contributed by atoms with van der Waals surface area (Å²) in [4.78, 5) is 23.8. The van der Waals surface area contributed by atoms with Gasteiger partial charge in [-0.25, -0.2) is 9.97 Å². The summed E-state index contributed by atoms with van der Waals surface area (Å²) in [6.45, 7) is 4.38. The van der Waals surface area contributed by atoms with Crippen molar-refractivity contribution in [2.45, 2.75) is 26.3 Å². The van der Waals surface area contributed by atoms with E-state index in [1.54, 1.807) is 4.68 Å². The zero-order valence-corrected chi connectivity index (χ0v) is 15.1. The lowest BCUT2D eigenvalue weighted by Crippen LogP contribution is -2.27. The van der Waals surface area contributed by atoms with E-state index in [1.807, 2.05) is 44.4 Å². The van der Waals surface area contributed by atoms with Gasteiger partial charge in [0.1, 0.15) is 5.82 Å². The fraction of sp³-hybridized carbons (Fsp3) is 0.368. The van der Waals surface area contributed by atoms with E-state index in [9.17, 15) is 4.79 Å². The highest BCUT2D eigenvalue weighted by Crippen LogP contribution is 2.26. The van der Waals surface area contributed by atoms with Gasteiger partial charge in [0.15, 0.2) is 5.65 Å². The first-order valence-corrected chi connectivity index (χ1v) is 8.91. The maximum Gasteiger partial charge on any atom is 0.289 e. The number of hydrogen-bond acceptors (Lipinski definition) is 5. The van der Waals surface area contributed by atoms with Gasteiger partial charge in [0.25, 0.3) is 5.91 Å². The van der Waals surface area contributed by atoms with Crippen LogP contribution in [0.2, 0.25) is 0 Å². The van der Waals surface area contributed by atoms with Crippen LogP contribution in [0.3, 0.4) is 0 Å². The van der Waals surface area contributed by atoms with Crippen LogP contribution < -0.4 is 10.2 Å². The lowest BCUT2D eigenvalue weighted by molar-refractivity contribution is 0.0941. The Bertz CT molecular complexity index is 958. The van der Waals surface area contributed by atoms with E-state index in [1.165, 1.54) is 0 Å². The lowest BCUT2D eigenvalue weighted by Gasteiger charge is -2.17. The quantitative estimate of drug-likeness (QED) is 0.781. The monoisotopic (exact) mass is 350 g/mol. The summed E-state index contributed by atoms with van der Waals surface area (Å²) < 4.78 is 1.72. The number of anilines is 1. The number of rotatable bonds is 4. The molecule has 0 spiro atoms. The zero-order valence-electron chi connectivity index (χ0n) is 15.1. The molecule has 1 aromatic carbocycles. The highest BCUT2D eigenvalue weighted by Gasteiger charge is 2.22. The molecule has 26 heavy (non-hydrogen) atoms. The number of fused-ring (bicyclic) bond motifs is 1. The highest BCUT2D eigenvalue weighted by molar-refractivity contribution is 5.95. The second-order valence-corrected chi connectivity index (χ2v) is 6.71. The fourth-order valence-corrected chi connectivity index (χ4v) is 3.34.